The van der Waals surface area contributed by atoms with E-state index in [4.69, 9.17) is 0 Å². The van der Waals surface area contributed by atoms with Crippen LogP contribution in [0.4, 0.5) is 18.7 Å². The minimum Gasteiger partial charge on any atom is -0.321 e. The summed E-state index contributed by atoms with van der Waals surface area (Å²) in [7, 11) is 1.55. The Morgan fingerprint density at radius 2 is 2.08 bits per heavy atom. The third kappa shape index (κ3) is 3.40. The number of carbonyl (C=O) groups is 1. The first-order valence-electron chi connectivity index (χ1n) is 7.93. The van der Waals surface area contributed by atoms with Crippen LogP contribution in [-0.2, 0) is 12.8 Å². The van der Waals surface area contributed by atoms with Crippen molar-refractivity contribution in [1.82, 2.24) is 9.88 Å². The summed E-state index contributed by atoms with van der Waals surface area (Å²) >= 11 is 1.49. The zero-order chi connectivity index (χ0) is 17.3. The van der Waals surface area contributed by atoms with Crippen LogP contribution < -0.4 is 5.32 Å². The van der Waals surface area contributed by atoms with Crippen molar-refractivity contribution in [2.24, 2.45) is 0 Å². The van der Waals surface area contributed by atoms with Crippen LogP contribution in [-0.4, -0.2) is 23.0 Å². The molecule has 0 bridgehead atoms. The lowest BCUT2D eigenvalue weighted by Crippen LogP contribution is -2.34. The molecule has 2 aromatic rings. The summed E-state index contributed by atoms with van der Waals surface area (Å²) in [5.41, 5.74) is 1.21. The molecule has 0 saturated heterocycles. The number of thiazole rings is 1. The highest BCUT2D eigenvalue weighted by Crippen LogP contribution is 2.30. The number of benzene rings is 1. The summed E-state index contributed by atoms with van der Waals surface area (Å²) in [4.78, 5) is 19.4. The van der Waals surface area contributed by atoms with Gasteiger partial charge in [0.1, 0.15) is 11.6 Å². The SMILES string of the molecule is CC(c1cc(F)ccc1F)N(C)C(=O)Nc1nc2c(s1)CCCC2. The lowest BCUT2D eigenvalue weighted by Gasteiger charge is -2.25. The fourth-order valence-corrected chi connectivity index (χ4v) is 3.84. The molecule has 1 atom stereocenters. The normalized spacial score (nSPS) is 14.8. The first kappa shape index (κ1) is 16.8. The van der Waals surface area contributed by atoms with Crippen molar-refractivity contribution in [3.63, 3.8) is 0 Å². The number of hydrogen-bond acceptors (Lipinski definition) is 3. The number of fused-ring (bicyclic) bond motifs is 1. The number of aryl methyl sites for hydroxylation is 2. The molecule has 1 aromatic carbocycles. The average Bonchev–Trinajstić information content (AvgIpc) is 2.97. The Kier molecular flexibility index (Phi) is 4.80. The van der Waals surface area contributed by atoms with E-state index in [-0.39, 0.29) is 5.56 Å². The zero-order valence-corrected chi connectivity index (χ0v) is 14.4. The van der Waals surface area contributed by atoms with Crippen LogP contribution in [0.25, 0.3) is 0 Å². The molecular formula is C17H19F2N3OS. The number of amides is 2. The molecule has 2 amide bonds. The first-order chi connectivity index (χ1) is 11.5. The molecule has 1 aliphatic carbocycles. The topological polar surface area (TPSA) is 45.2 Å². The van der Waals surface area contributed by atoms with E-state index in [0.29, 0.717) is 5.13 Å². The second-order valence-corrected chi connectivity index (χ2v) is 7.06. The van der Waals surface area contributed by atoms with E-state index < -0.39 is 23.7 Å². The second-order valence-electron chi connectivity index (χ2n) is 5.98. The number of carbonyl (C=O) groups excluding carboxylic acids is 1. The van der Waals surface area contributed by atoms with Crippen LogP contribution >= 0.6 is 11.3 Å². The molecule has 3 rings (SSSR count). The Morgan fingerprint density at radius 1 is 1.33 bits per heavy atom. The smallest absolute Gasteiger partial charge is 0.321 e. The molecule has 0 fully saturated rings. The Hall–Kier alpha value is -2.02. The van der Waals surface area contributed by atoms with Crippen molar-refractivity contribution in [3.8, 4) is 0 Å². The summed E-state index contributed by atoms with van der Waals surface area (Å²) < 4.78 is 27.2. The number of urea groups is 1. The van der Waals surface area contributed by atoms with Crippen molar-refractivity contribution in [2.45, 2.75) is 38.6 Å². The molecule has 24 heavy (non-hydrogen) atoms. The molecule has 128 valence electrons. The van der Waals surface area contributed by atoms with Gasteiger partial charge in [0.25, 0.3) is 0 Å². The fraction of sp³-hybridized carbons (Fsp3) is 0.412. The molecule has 4 nitrogen and oxygen atoms in total. The van der Waals surface area contributed by atoms with E-state index >= 15 is 0 Å². The fourth-order valence-electron chi connectivity index (χ4n) is 2.80. The number of nitrogens with zero attached hydrogens (tertiary/aromatic N) is 2. The van der Waals surface area contributed by atoms with Gasteiger partial charge in [-0.15, -0.1) is 11.3 Å². The molecule has 1 N–H and O–H groups in total. The molecule has 1 aliphatic rings. The molecule has 0 radical (unpaired) electrons. The molecule has 1 heterocycles. The van der Waals surface area contributed by atoms with Crippen molar-refractivity contribution in [2.75, 3.05) is 12.4 Å². The minimum atomic E-state index is -0.602. The average molecular weight is 351 g/mol. The molecule has 0 aliphatic heterocycles. The van der Waals surface area contributed by atoms with Crippen molar-refractivity contribution in [1.29, 1.82) is 0 Å². The van der Waals surface area contributed by atoms with E-state index in [1.54, 1.807) is 14.0 Å². The summed E-state index contributed by atoms with van der Waals surface area (Å²) in [5, 5.41) is 3.32. The lowest BCUT2D eigenvalue weighted by molar-refractivity contribution is 0.207. The molecule has 1 unspecified atom stereocenters. The maximum absolute atomic E-state index is 13.9. The molecule has 7 heteroatoms. The van der Waals surface area contributed by atoms with Crippen LogP contribution in [0.2, 0.25) is 0 Å². The summed E-state index contributed by atoms with van der Waals surface area (Å²) in [6.07, 6.45) is 4.23. The van der Waals surface area contributed by atoms with Crippen molar-refractivity contribution >= 4 is 22.5 Å². The molecule has 0 spiro atoms. The highest BCUT2D eigenvalue weighted by atomic mass is 32.1. The van der Waals surface area contributed by atoms with Gasteiger partial charge in [-0.3, -0.25) is 5.32 Å². The van der Waals surface area contributed by atoms with Crippen molar-refractivity contribution in [3.05, 3.63) is 46.0 Å². The van der Waals surface area contributed by atoms with Gasteiger partial charge in [0.05, 0.1) is 11.7 Å². The number of aromatic nitrogens is 1. The summed E-state index contributed by atoms with van der Waals surface area (Å²) in [6, 6.07) is 2.26. The second kappa shape index (κ2) is 6.84. The summed E-state index contributed by atoms with van der Waals surface area (Å²) in [5.74, 6) is -1.06. The Labute approximate surface area is 143 Å². The van der Waals surface area contributed by atoms with Crippen LogP contribution in [0.15, 0.2) is 18.2 Å². The number of rotatable bonds is 3. The predicted octanol–water partition coefficient (Wildman–Crippen LogP) is 4.53. The van der Waals surface area contributed by atoms with E-state index in [1.165, 1.54) is 21.1 Å². The Bertz CT molecular complexity index is 739. The monoisotopic (exact) mass is 351 g/mol. The largest absolute Gasteiger partial charge is 0.323 e. The maximum atomic E-state index is 13.9. The van der Waals surface area contributed by atoms with Gasteiger partial charge in [-0.05, 0) is 50.8 Å². The third-order valence-electron chi connectivity index (χ3n) is 4.37. The minimum absolute atomic E-state index is 0.145. The van der Waals surface area contributed by atoms with Gasteiger partial charge in [-0.2, -0.15) is 0 Å². The van der Waals surface area contributed by atoms with E-state index in [9.17, 15) is 13.6 Å². The summed E-state index contributed by atoms with van der Waals surface area (Å²) in [6.45, 7) is 1.66. The number of nitrogens with one attached hydrogen (secondary N) is 1. The molecule has 1 aromatic heterocycles. The van der Waals surface area contributed by atoms with Crippen molar-refractivity contribution < 1.29 is 13.6 Å². The van der Waals surface area contributed by atoms with E-state index in [0.717, 1.165) is 49.6 Å². The van der Waals surface area contributed by atoms with Gasteiger partial charge in [0, 0.05) is 17.5 Å². The Balaban J connectivity index is 1.72. The third-order valence-corrected chi connectivity index (χ3v) is 5.44. The number of halogens is 2. The van der Waals surface area contributed by atoms with Crippen LogP contribution in [0.5, 0.6) is 0 Å². The van der Waals surface area contributed by atoms with Gasteiger partial charge in [0.15, 0.2) is 5.13 Å². The van der Waals surface area contributed by atoms with E-state index in [1.807, 2.05) is 0 Å². The van der Waals surface area contributed by atoms with Gasteiger partial charge in [-0.1, -0.05) is 0 Å². The zero-order valence-electron chi connectivity index (χ0n) is 13.6. The molecular weight excluding hydrogens is 332 g/mol. The van der Waals surface area contributed by atoms with Gasteiger partial charge < -0.3 is 4.90 Å². The van der Waals surface area contributed by atoms with Gasteiger partial charge in [-0.25, -0.2) is 18.6 Å². The lowest BCUT2D eigenvalue weighted by atomic mass is 10.0. The quantitative estimate of drug-likeness (QED) is 0.883. The van der Waals surface area contributed by atoms with Crippen LogP contribution in [0.3, 0.4) is 0 Å². The van der Waals surface area contributed by atoms with Gasteiger partial charge in [0.2, 0.25) is 0 Å². The molecule has 0 saturated carbocycles. The number of anilines is 1. The Morgan fingerprint density at radius 3 is 2.83 bits per heavy atom. The van der Waals surface area contributed by atoms with E-state index in [2.05, 4.69) is 10.3 Å². The van der Waals surface area contributed by atoms with Crippen LogP contribution in [0.1, 0.15) is 41.9 Å². The van der Waals surface area contributed by atoms with Crippen LogP contribution in [0, 0.1) is 11.6 Å². The standard InChI is InChI=1S/C17H19F2N3OS/c1-10(12-9-11(18)7-8-13(12)19)22(2)17(23)21-16-20-14-5-3-4-6-15(14)24-16/h7-10H,3-6H2,1-2H3,(H,20,21,23). The number of hydrogen-bond donors (Lipinski definition) is 1. The first-order valence-corrected chi connectivity index (χ1v) is 8.74. The highest BCUT2D eigenvalue weighted by molar-refractivity contribution is 7.15. The highest BCUT2D eigenvalue weighted by Gasteiger charge is 2.23. The van der Waals surface area contributed by atoms with Gasteiger partial charge >= 0.3 is 6.03 Å². The maximum Gasteiger partial charge on any atom is 0.323 e. The predicted molar refractivity (Wildman–Crippen MR) is 90.3 cm³/mol.